The van der Waals surface area contributed by atoms with Crippen molar-refractivity contribution in [3.63, 3.8) is 0 Å². The number of rotatable bonds is 1. The van der Waals surface area contributed by atoms with Crippen LogP contribution < -0.4 is 5.32 Å². The predicted octanol–water partition coefficient (Wildman–Crippen LogP) is 0.0493. The third kappa shape index (κ3) is 2.67. The molecule has 1 saturated heterocycles. The standard InChI is InChI=1S/C9H17NO3/c1-5-4-8(10-7(3)11)9(12)6(2)13-5/h5-6,8-9,12H,4H2,1-3H3,(H,10,11)/t5?,6-,8?,9?/m0/s1. The summed E-state index contributed by atoms with van der Waals surface area (Å²) >= 11 is 0. The average Bonchev–Trinajstić information content (AvgIpc) is 1.98. The summed E-state index contributed by atoms with van der Waals surface area (Å²) in [6.07, 6.45) is -0.0404. The van der Waals surface area contributed by atoms with Gasteiger partial charge in [-0.3, -0.25) is 4.79 Å². The van der Waals surface area contributed by atoms with Crippen LogP contribution in [0.1, 0.15) is 27.2 Å². The molecule has 1 fully saturated rings. The second kappa shape index (κ2) is 4.07. The highest BCUT2D eigenvalue weighted by atomic mass is 16.5. The average molecular weight is 187 g/mol. The molecule has 0 aliphatic carbocycles. The van der Waals surface area contributed by atoms with Crippen LogP contribution in [0.15, 0.2) is 0 Å². The molecule has 1 aliphatic rings. The lowest BCUT2D eigenvalue weighted by Crippen LogP contribution is -2.53. The van der Waals surface area contributed by atoms with Crippen molar-refractivity contribution in [2.45, 2.75) is 51.5 Å². The molecule has 0 spiro atoms. The minimum Gasteiger partial charge on any atom is -0.388 e. The van der Waals surface area contributed by atoms with Gasteiger partial charge in [-0.1, -0.05) is 0 Å². The number of hydrogen-bond acceptors (Lipinski definition) is 3. The Morgan fingerprint density at radius 2 is 2.15 bits per heavy atom. The molecule has 4 nitrogen and oxygen atoms in total. The molecule has 1 heterocycles. The lowest BCUT2D eigenvalue weighted by molar-refractivity contribution is -0.132. The number of amides is 1. The van der Waals surface area contributed by atoms with Crippen LogP contribution in [0.2, 0.25) is 0 Å². The van der Waals surface area contributed by atoms with Gasteiger partial charge in [0.25, 0.3) is 0 Å². The molecule has 0 bridgehead atoms. The Morgan fingerprint density at radius 1 is 1.54 bits per heavy atom. The zero-order valence-corrected chi connectivity index (χ0v) is 8.28. The molecule has 0 radical (unpaired) electrons. The van der Waals surface area contributed by atoms with E-state index in [2.05, 4.69) is 5.32 Å². The molecule has 1 aliphatic heterocycles. The van der Waals surface area contributed by atoms with Gasteiger partial charge in [0.2, 0.25) is 5.91 Å². The lowest BCUT2D eigenvalue weighted by Gasteiger charge is -2.36. The number of ether oxygens (including phenoxy) is 1. The third-order valence-electron chi connectivity index (χ3n) is 2.31. The molecule has 3 unspecified atom stereocenters. The summed E-state index contributed by atoms with van der Waals surface area (Å²) in [4.78, 5) is 10.8. The first-order chi connectivity index (χ1) is 6.00. The zero-order valence-electron chi connectivity index (χ0n) is 8.28. The molecule has 13 heavy (non-hydrogen) atoms. The maximum Gasteiger partial charge on any atom is 0.217 e. The molecular weight excluding hydrogens is 170 g/mol. The molecule has 4 heteroatoms. The minimum atomic E-state index is -0.597. The first-order valence-electron chi connectivity index (χ1n) is 4.61. The van der Waals surface area contributed by atoms with Crippen LogP contribution >= 0.6 is 0 Å². The Labute approximate surface area is 78.3 Å². The molecule has 4 atom stereocenters. The number of nitrogens with one attached hydrogen (secondary N) is 1. The van der Waals surface area contributed by atoms with E-state index in [0.717, 1.165) is 0 Å². The lowest BCUT2D eigenvalue weighted by atomic mass is 9.97. The molecule has 0 aromatic heterocycles. The second-order valence-electron chi connectivity index (χ2n) is 3.69. The van der Waals surface area contributed by atoms with Crippen molar-refractivity contribution >= 4 is 5.91 Å². The maximum atomic E-state index is 10.8. The topological polar surface area (TPSA) is 58.6 Å². The van der Waals surface area contributed by atoms with Crippen molar-refractivity contribution in [2.24, 2.45) is 0 Å². The maximum absolute atomic E-state index is 10.8. The highest BCUT2D eigenvalue weighted by Crippen LogP contribution is 2.19. The van der Waals surface area contributed by atoms with Crippen LogP contribution in [-0.2, 0) is 9.53 Å². The summed E-state index contributed by atoms with van der Waals surface area (Å²) in [6, 6.07) is -0.170. The fraction of sp³-hybridized carbons (Fsp3) is 0.889. The van der Waals surface area contributed by atoms with Gasteiger partial charge in [0, 0.05) is 6.92 Å². The summed E-state index contributed by atoms with van der Waals surface area (Å²) in [7, 11) is 0. The normalized spacial score (nSPS) is 40.0. The SMILES string of the molecule is CC(=O)NC1CC(C)O[C@@H](C)C1O. The van der Waals surface area contributed by atoms with Gasteiger partial charge >= 0.3 is 0 Å². The van der Waals surface area contributed by atoms with Gasteiger partial charge in [-0.15, -0.1) is 0 Å². The van der Waals surface area contributed by atoms with Crippen molar-refractivity contribution < 1.29 is 14.6 Å². The Bertz CT molecular complexity index is 195. The van der Waals surface area contributed by atoms with Crippen molar-refractivity contribution in [3.05, 3.63) is 0 Å². The van der Waals surface area contributed by atoms with Gasteiger partial charge in [0.05, 0.1) is 18.2 Å². The molecule has 1 rings (SSSR count). The van der Waals surface area contributed by atoms with Crippen LogP contribution in [0.5, 0.6) is 0 Å². The highest BCUT2D eigenvalue weighted by molar-refractivity contribution is 5.73. The molecule has 76 valence electrons. The highest BCUT2D eigenvalue weighted by Gasteiger charge is 2.33. The summed E-state index contributed by atoms with van der Waals surface area (Å²) in [5.41, 5.74) is 0. The van der Waals surface area contributed by atoms with E-state index in [-0.39, 0.29) is 24.2 Å². The smallest absolute Gasteiger partial charge is 0.217 e. The number of aliphatic hydroxyl groups is 1. The van der Waals surface area contributed by atoms with Gasteiger partial charge in [-0.25, -0.2) is 0 Å². The van der Waals surface area contributed by atoms with Crippen molar-refractivity contribution in [2.75, 3.05) is 0 Å². The van der Waals surface area contributed by atoms with Gasteiger partial charge in [0.15, 0.2) is 0 Å². The fourth-order valence-corrected chi connectivity index (χ4v) is 1.73. The van der Waals surface area contributed by atoms with E-state index < -0.39 is 6.10 Å². The van der Waals surface area contributed by atoms with E-state index in [4.69, 9.17) is 4.74 Å². The molecule has 0 saturated carbocycles. The van der Waals surface area contributed by atoms with Gasteiger partial charge < -0.3 is 15.2 Å². The van der Waals surface area contributed by atoms with Crippen LogP contribution in [-0.4, -0.2) is 35.4 Å². The van der Waals surface area contributed by atoms with E-state index in [0.29, 0.717) is 6.42 Å². The molecule has 0 aromatic rings. The predicted molar refractivity (Wildman–Crippen MR) is 48.2 cm³/mol. The zero-order chi connectivity index (χ0) is 10.0. The van der Waals surface area contributed by atoms with Crippen molar-refractivity contribution in [3.8, 4) is 0 Å². The summed E-state index contributed by atoms with van der Waals surface area (Å²) in [6.45, 7) is 5.21. The monoisotopic (exact) mass is 187 g/mol. The fourth-order valence-electron chi connectivity index (χ4n) is 1.73. The number of aliphatic hydroxyl groups excluding tert-OH is 1. The van der Waals surface area contributed by atoms with Crippen molar-refractivity contribution in [1.82, 2.24) is 5.32 Å². The van der Waals surface area contributed by atoms with Crippen LogP contribution in [0.3, 0.4) is 0 Å². The largest absolute Gasteiger partial charge is 0.388 e. The van der Waals surface area contributed by atoms with E-state index in [1.165, 1.54) is 6.92 Å². The molecule has 0 aromatic carbocycles. The van der Waals surface area contributed by atoms with Crippen LogP contribution in [0, 0.1) is 0 Å². The minimum absolute atomic E-state index is 0.0928. The first kappa shape index (κ1) is 10.5. The van der Waals surface area contributed by atoms with Crippen LogP contribution in [0.4, 0.5) is 0 Å². The van der Waals surface area contributed by atoms with E-state index in [1.54, 1.807) is 0 Å². The summed E-state index contributed by atoms with van der Waals surface area (Å²) < 4.78 is 5.41. The second-order valence-corrected chi connectivity index (χ2v) is 3.69. The van der Waals surface area contributed by atoms with Gasteiger partial charge in [-0.05, 0) is 20.3 Å². The van der Waals surface area contributed by atoms with Gasteiger partial charge in [0.1, 0.15) is 6.10 Å². The molecule has 1 amide bonds. The quantitative estimate of drug-likeness (QED) is 0.610. The van der Waals surface area contributed by atoms with Crippen LogP contribution in [0.25, 0.3) is 0 Å². The molecule has 2 N–H and O–H groups in total. The van der Waals surface area contributed by atoms with E-state index >= 15 is 0 Å². The first-order valence-corrected chi connectivity index (χ1v) is 4.61. The third-order valence-corrected chi connectivity index (χ3v) is 2.31. The Kier molecular flexibility index (Phi) is 3.27. The number of carbonyl (C=O) groups excluding carboxylic acids is 1. The van der Waals surface area contributed by atoms with E-state index in [9.17, 15) is 9.90 Å². The number of hydrogen-bond donors (Lipinski definition) is 2. The summed E-state index contributed by atoms with van der Waals surface area (Å²) in [5, 5.41) is 12.4. The summed E-state index contributed by atoms with van der Waals surface area (Å²) in [5.74, 6) is -0.106. The Balaban J connectivity index is 2.55. The molecular formula is C9H17NO3. The van der Waals surface area contributed by atoms with Crippen molar-refractivity contribution in [1.29, 1.82) is 0 Å². The Hall–Kier alpha value is -0.610. The van der Waals surface area contributed by atoms with E-state index in [1.807, 2.05) is 13.8 Å². The number of carbonyl (C=O) groups is 1. The Morgan fingerprint density at radius 3 is 2.69 bits per heavy atom. The van der Waals surface area contributed by atoms with Gasteiger partial charge in [-0.2, -0.15) is 0 Å².